The van der Waals surface area contributed by atoms with Crippen molar-refractivity contribution in [2.75, 3.05) is 7.11 Å². The maximum atomic E-state index is 11.7. The summed E-state index contributed by atoms with van der Waals surface area (Å²) >= 11 is 0. The summed E-state index contributed by atoms with van der Waals surface area (Å²) in [5, 5.41) is 4.06. The topological polar surface area (TPSA) is 89.4 Å². The van der Waals surface area contributed by atoms with Crippen molar-refractivity contribution in [1.82, 2.24) is 15.2 Å². The van der Waals surface area contributed by atoms with Gasteiger partial charge in [-0.15, -0.1) is 0 Å². The van der Waals surface area contributed by atoms with E-state index in [0.717, 1.165) is 11.4 Å². The number of benzene rings is 1. The predicted molar refractivity (Wildman–Crippen MR) is 82.0 cm³/mol. The fraction of sp³-hybridized carbons (Fsp3) is 0.0625. The summed E-state index contributed by atoms with van der Waals surface area (Å²) in [5.74, 6) is -0.671. The lowest BCUT2D eigenvalue weighted by atomic mass is 10.1. The normalized spacial score (nSPS) is 14.3. The monoisotopic (exact) mass is 311 g/mol. The lowest BCUT2D eigenvalue weighted by Crippen LogP contribution is -2.51. The predicted octanol–water partition coefficient (Wildman–Crippen LogP) is 1.24. The van der Waals surface area contributed by atoms with Crippen LogP contribution in [0.4, 0.5) is 4.79 Å². The molecule has 116 valence electrons. The minimum absolute atomic E-state index is 0.114. The van der Waals surface area contributed by atoms with Crippen LogP contribution in [-0.4, -0.2) is 29.5 Å². The first-order valence-electron chi connectivity index (χ1n) is 6.77. The minimum atomic E-state index is -0.812. The fourth-order valence-electron chi connectivity index (χ4n) is 2.19. The number of carbonyl (C=O) groups excluding carboxylic acids is 3. The van der Waals surface area contributed by atoms with Crippen molar-refractivity contribution in [2.24, 2.45) is 0 Å². The maximum absolute atomic E-state index is 11.7. The second-order valence-corrected chi connectivity index (χ2v) is 4.85. The van der Waals surface area contributed by atoms with Crippen LogP contribution in [0.5, 0.6) is 5.75 Å². The highest BCUT2D eigenvalue weighted by Crippen LogP contribution is 2.17. The summed E-state index contributed by atoms with van der Waals surface area (Å²) in [6.45, 7) is 0. The van der Waals surface area contributed by atoms with Crippen LogP contribution in [0.15, 0.2) is 48.3 Å². The third-order valence-corrected chi connectivity index (χ3v) is 3.34. The molecule has 0 aliphatic carbocycles. The number of rotatable bonds is 3. The SMILES string of the molecule is COc1ccc(-n2ccc(C=C3C(=O)NC(=O)NC3=O)c2)cc1. The maximum Gasteiger partial charge on any atom is 0.328 e. The number of carbonyl (C=O) groups is 3. The Morgan fingerprint density at radius 3 is 2.26 bits per heavy atom. The van der Waals surface area contributed by atoms with Gasteiger partial charge in [-0.1, -0.05) is 0 Å². The van der Waals surface area contributed by atoms with Gasteiger partial charge in [0.1, 0.15) is 11.3 Å². The fourth-order valence-corrected chi connectivity index (χ4v) is 2.19. The Morgan fingerprint density at radius 1 is 1.00 bits per heavy atom. The molecule has 2 N–H and O–H groups in total. The number of imide groups is 2. The van der Waals surface area contributed by atoms with Gasteiger partial charge in [-0.2, -0.15) is 0 Å². The van der Waals surface area contributed by atoms with Gasteiger partial charge in [0, 0.05) is 18.1 Å². The van der Waals surface area contributed by atoms with Crippen molar-refractivity contribution in [1.29, 1.82) is 0 Å². The summed E-state index contributed by atoms with van der Waals surface area (Å²) < 4.78 is 6.95. The summed E-state index contributed by atoms with van der Waals surface area (Å²) in [6, 6.07) is 8.38. The van der Waals surface area contributed by atoms with E-state index in [1.54, 1.807) is 25.6 Å². The first kappa shape index (κ1) is 14.6. The van der Waals surface area contributed by atoms with E-state index >= 15 is 0 Å². The highest BCUT2D eigenvalue weighted by Gasteiger charge is 2.27. The van der Waals surface area contributed by atoms with E-state index in [4.69, 9.17) is 4.74 Å². The van der Waals surface area contributed by atoms with Gasteiger partial charge in [-0.25, -0.2) is 4.79 Å². The Kier molecular flexibility index (Phi) is 3.68. The van der Waals surface area contributed by atoms with E-state index in [1.165, 1.54) is 6.08 Å². The Bertz CT molecular complexity index is 796. The van der Waals surface area contributed by atoms with Gasteiger partial charge >= 0.3 is 6.03 Å². The Labute approximate surface area is 131 Å². The number of aromatic nitrogens is 1. The van der Waals surface area contributed by atoms with Crippen LogP contribution in [0.25, 0.3) is 11.8 Å². The first-order chi connectivity index (χ1) is 11.1. The first-order valence-corrected chi connectivity index (χ1v) is 6.77. The molecule has 3 rings (SSSR count). The number of hydrogen-bond acceptors (Lipinski definition) is 4. The number of barbiturate groups is 1. The molecule has 1 aliphatic rings. The van der Waals surface area contributed by atoms with Crippen molar-refractivity contribution >= 4 is 23.9 Å². The number of hydrogen-bond donors (Lipinski definition) is 2. The average Bonchev–Trinajstić information content (AvgIpc) is 2.99. The van der Waals surface area contributed by atoms with E-state index in [1.807, 2.05) is 39.5 Å². The smallest absolute Gasteiger partial charge is 0.328 e. The molecule has 0 bridgehead atoms. The highest BCUT2D eigenvalue weighted by atomic mass is 16.5. The summed E-state index contributed by atoms with van der Waals surface area (Å²) in [6.07, 6.45) is 5.00. The molecule has 0 spiro atoms. The molecular weight excluding hydrogens is 298 g/mol. The number of methoxy groups -OCH3 is 1. The molecule has 1 aliphatic heterocycles. The molecule has 2 heterocycles. The van der Waals surface area contributed by atoms with Gasteiger partial charge in [0.2, 0.25) is 0 Å². The van der Waals surface area contributed by atoms with Crippen LogP contribution in [0.3, 0.4) is 0 Å². The number of urea groups is 1. The van der Waals surface area contributed by atoms with Crippen molar-refractivity contribution in [3.63, 3.8) is 0 Å². The molecule has 0 atom stereocenters. The number of nitrogens with zero attached hydrogens (tertiary/aromatic N) is 1. The third-order valence-electron chi connectivity index (χ3n) is 3.34. The van der Waals surface area contributed by atoms with Gasteiger partial charge in [0.05, 0.1) is 7.11 Å². The standard InChI is InChI=1S/C16H13N3O4/c1-23-12-4-2-11(3-5-12)19-7-6-10(9-19)8-13-14(20)17-16(22)18-15(13)21/h2-9H,1H3,(H2,17,18,20,21,22). The third kappa shape index (κ3) is 2.98. The number of amides is 4. The van der Waals surface area contributed by atoms with Gasteiger partial charge in [-0.3, -0.25) is 20.2 Å². The van der Waals surface area contributed by atoms with Gasteiger partial charge in [0.25, 0.3) is 11.8 Å². The zero-order valence-corrected chi connectivity index (χ0v) is 12.2. The summed E-state index contributed by atoms with van der Waals surface area (Å²) in [5.41, 5.74) is 1.45. The van der Waals surface area contributed by atoms with Gasteiger partial charge in [-0.05, 0) is 42.0 Å². The quantitative estimate of drug-likeness (QED) is 0.659. The number of ether oxygens (including phenoxy) is 1. The van der Waals surface area contributed by atoms with Gasteiger partial charge < -0.3 is 9.30 Å². The summed E-state index contributed by atoms with van der Waals surface area (Å²) in [7, 11) is 1.60. The van der Waals surface area contributed by atoms with Crippen LogP contribution in [-0.2, 0) is 9.59 Å². The Balaban J connectivity index is 1.86. The molecule has 7 nitrogen and oxygen atoms in total. The van der Waals surface area contributed by atoms with Crippen LogP contribution in [0.1, 0.15) is 5.56 Å². The molecule has 1 aromatic carbocycles. The van der Waals surface area contributed by atoms with E-state index in [0.29, 0.717) is 5.56 Å². The van der Waals surface area contributed by atoms with Crippen molar-refractivity contribution in [3.8, 4) is 11.4 Å². The molecule has 0 saturated carbocycles. The highest BCUT2D eigenvalue weighted by molar-refractivity contribution is 6.31. The Morgan fingerprint density at radius 2 is 1.65 bits per heavy atom. The molecule has 23 heavy (non-hydrogen) atoms. The van der Waals surface area contributed by atoms with Crippen LogP contribution < -0.4 is 15.4 Å². The minimum Gasteiger partial charge on any atom is -0.497 e. The van der Waals surface area contributed by atoms with E-state index < -0.39 is 17.8 Å². The lowest BCUT2D eigenvalue weighted by molar-refractivity contribution is -0.123. The largest absolute Gasteiger partial charge is 0.497 e. The zero-order valence-electron chi connectivity index (χ0n) is 12.2. The molecule has 1 saturated heterocycles. The lowest BCUT2D eigenvalue weighted by Gasteiger charge is -2.13. The van der Waals surface area contributed by atoms with Crippen molar-refractivity contribution in [3.05, 3.63) is 53.9 Å². The second-order valence-electron chi connectivity index (χ2n) is 4.85. The molecule has 4 amide bonds. The Hall–Kier alpha value is -3.35. The molecular formula is C16H13N3O4. The molecule has 2 aromatic rings. The average molecular weight is 311 g/mol. The van der Waals surface area contributed by atoms with Crippen molar-refractivity contribution < 1.29 is 19.1 Å². The van der Waals surface area contributed by atoms with Crippen LogP contribution in [0, 0.1) is 0 Å². The van der Waals surface area contributed by atoms with E-state index in [9.17, 15) is 14.4 Å². The molecule has 1 aromatic heterocycles. The molecule has 0 radical (unpaired) electrons. The molecule has 7 heteroatoms. The zero-order chi connectivity index (χ0) is 16.4. The van der Waals surface area contributed by atoms with Crippen LogP contribution >= 0.6 is 0 Å². The summed E-state index contributed by atoms with van der Waals surface area (Å²) in [4.78, 5) is 34.4. The molecule has 1 fully saturated rings. The van der Waals surface area contributed by atoms with Gasteiger partial charge in [0.15, 0.2) is 0 Å². The number of nitrogens with one attached hydrogen (secondary N) is 2. The van der Waals surface area contributed by atoms with Crippen LogP contribution in [0.2, 0.25) is 0 Å². The van der Waals surface area contributed by atoms with E-state index in [2.05, 4.69) is 0 Å². The second kappa shape index (κ2) is 5.80. The molecule has 0 unspecified atom stereocenters. The van der Waals surface area contributed by atoms with Crippen molar-refractivity contribution in [2.45, 2.75) is 0 Å². The van der Waals surface area contributed by atoms with E-state index in [-0.39, 0.29) is 5.57 Å².